The Morgan fingerprint density at radius 1 is 1.06 bits per heavy atom. The first-order chi connectivity index (χ1) is 16.1. The maximum atomic E-state index is 12.0. The van der Waals surface area contributed by atoms with E-state index in [4.69, 9.17) is 14.7 Å². The molecular formula is C27H27N3O3. The molecule has 3 aromatic rings. The molecule has 0 aromatic heterocycles. The van der Waals surface area contributed by atoms with Crippen molar-refractivity contribution in [3.63, 3.8) is 0 Å². The topological polar surface area (TPSA) is 83.7 Å². The number of hydrazone groups is 1. The van der Waals surface area contributed by atoms with E-state index >= 15 is 0 Å². The minimum absolute atomic E-state index is 0.117. The second kappa shape index (κ2) is 12.1. The van der Waals surface area contributed by atoms with Crippen molar-refractivity contribution in [2.24, 2.45) is 5.10 Å². The first-order valence-corrected chi connectivity index (χ1v) is 10.8. The molecule has 0 saturated heterocycles. The zero-order valence-electron chi connectivity index (χ0n) is 18.9. The smallest absolute Gasteiger partial charge is 0.240 e. The molecule has 6 heteroatoms. The van der Waals surface area contributed by atoms with Gasteiger partial charge in [-0.15, -0.1) is 0 Å². The van der Waals surface area contributed by atoms with Crippen LogP contribution < -0.4 is 14.9 Å². The van der Waals surface area contributed by atoms with Gasteiger partial charge in [0.1, 0.15) is 18.1 Å². The van der Waals surface area contributed by atoms with Gasteiger partial charge in [-0.05, 0) is 78.9 Å². The van der Waals surface area contributed by atoms with Crippen LogP contribution >= 0.6 is 0 Å². The first kappa shape index (κ1) is 23.6. The number of ether oxygens (including phenoxy) is 2. The molecule has 33 heavy (non-hydrogen) atoms. The molecule has 1 N–H and O–H groups in total. The molecule has 0 fully saturated rings. The summed E-state index contributed by atoms with van der Waals surface area (Å²) in [6.45, 7) is 2.37. The molecule has 1 amide bonds. The van der Waals surface area contributed by atoms with E-state index in [9.17, 15) is 4.79 Å². The molecule has 0 unspecified atom stereocenters. The highest BCUT2D eigenvalue weighted by molar-refractivity contribution is 5.82. The van der Waals surface area contributed by atoms with Crippen LogP contribution in [0.2, 0.25) is 0 Å². The Kier molecular flexibility index (Phi) is 8.61. The number of nitriles is 1. The minimum Gasteiger partial charge on any atom is -0.497 e. The summed E-state index contributed by atoms with van der Waals surface area (Å²) in [5.74, 6) is 1.42. The summed E-state index contributed by atoms with van der Waals surface area (Å²) in [5.41, 5.74) is 7.24. The van der Waals surface area contributed by atoms with Crippen molar-refractivity contribution >= 4 is 12.1 Å². The molecule has 0 heterocycles. The van der Waals surface area contributed by atoms with E-state index in [1.165, 1.54) is 5.56 Å². The van der Waals surface area contributed by atoms with Gasteiger partial charge in [0.25, 0.3) is 0 Å². The Labute approximate surface area is 194 Å². The van der Waals surface area contributed by atoms with Gasteiger partial charge < -0.3 is 9.47 Å². The van der Waals surface area contributed by atoms with Crippen LogP contribution in [0.25, 0.3) is 0 Å². The number of hydrogen-bond acceptors (Lipinski definition) is 5. The third-order valence-corrected chi connectivity index (χ3v) is 5.21. The summed E-state index contributed by atoms with van der Waals surface area (Å²) >= 11 is 0. The highest BCUT2D eigenvalue weighted by atomic mass is 16.5. The van der Waals surface area contributed by atoms with Crippen molar-refractivity contribution in [3.8, 4) is 17.6 Å². The Morgan fingerprint density at radius 2 is 1.82 bits per heavy atom. The third kappa shape index (κ3) is 7.22. The Hall–Kier alpha value is -4.11. The number of carbonyl (C=O) groups excluding carboxylic acids is 1. The molecule has 168 valence electrons. The van der Waals surface area contributed by atoms with Crippen molar-refractivity contribution in [1.29, 1.82) is 5.26 Å². The number of hydrogen-bond donors (Lipinski definition) is 1. The summed E-state index contributed by atoms with van der Waals surface area (Å²) in [7, 11) is 1.65. The van der Waals surface area contributed by atoms with E-state index in [-0.39, 0.29) is 5.91 Å². The zero-order chi connectivity index (χ0) is 23.5. The lowest BCUT2D eigenvalue weighted by Crippen LogP contribution is -2.17. The van der Waals surface area contributed by atoms with E-state index in [0.717, 1.165) is 35.3 Å². The number of carbonyl (C=O) groups is 1. The predicted octanol–water partition coefficient (Wildman–Crippen LogP) is 4.93. The second-order valence-corrected chi connectivity index (χ2v) is 7.57. The quantitative estimate of drug-likeness (QED) is 0.357. The molecular weight excluding hydrogens is 414 g/mol. The number of methoxy groups -OCH3 is 1. The largest absolute Gasteiger partial charge is 0.497 e. The van der Waals surface area contributed by atoms with Crippen LogP contribution in [0.5, 0.6) is 11.5 Å². The lowest BCUT2D eigenvalue weighted by Gasteiger charge is -2.08. The second-order valence-electron chi connectivity index (χ2n) is 7.57. The Balaban J connectivity index is 1.41. The maximum absolute atomic E-state index is 12.0. The molecule has 6 nitrogen and oxygen atoms in total. The molecule has 3 aromatic carbocycles. The van der Waals surface area contributed by atoms with Gasteiger partial charge in [-0.25, -0.2) is 5.43 Å². The molecule has 0 aliphatic heterocycles. The average molecular weight is 442 g/mol. The van der Waals surface area contributed by atoms with Gasteiger partial charge in [0.05, 0.1) is 25.0 Å². The van der Waals surface area contributed by atoms with Gasteiger partial charge in [-0.1, -0.05) is 24.3 Å². The molecule has 0 saturated carbocycles. The zero-order valence-corrected chi connectivity index (χ0v) is 18.9. The van der Waals surface area contributed by atoms with Gasteiger partial charge in [-0.3, -0.25) is 4.79 Å². The van der Waals surface area contributed by atoms with Crippen molar-refractivity contribution in [2.75, 3.05) is 7.11 Å². The van der Waals surface area contributed by atoms with E-state index in [2.05, 4.69) is 16.6 Å². The van der Waals surface area contributed by atoms with E-state index in [1.54, 1.807) is 19.4 Å². The SMILES string of the molecule is COc1ccc(CCCC(=O)NN=Cc2ccc(OCc3ccccc3C#N)cc2)c(C)c1. The van der Waals surface area contributed by atoms with Gasteiger partial charge in [-0.2, -0.15) is 10.4 Å². The molecule has 0 atom stereocenters. The number of nitrogens with zero attached hydrogens (tertiary/aromatic N) is 2. The van der Waals surface area contributed by atoms with Gasteiger partial charge in [0.15, 0.2) is 0 Å². The Bertz CT molecular complexity index is 1150. The highest BCUT2D eigenvalue weighted by Crippen LogP contribution is 2.18. The lowest BCUT2D eigenvalue weighted by atomic mass is 10.0. The van der Waals surface area contributed by atoms with Crippen LogP contribution in [0.15, 0.2) is 71.8 Å². The van der Waals surface area contributed by atoms with E-state index in [1.807, 2.05) is 67.6 Å². The van der Waals surface area contributed by atoms with Crippen molar-refractivity contribution in [2.45, 2.75) is 32.8 Å². The molecule has 0 radical (unpaired) electrons. The normalized spacial score (nSPS) is 10.6. The summed E-state index contributed by atoms with van der Waals surface area (Å²) in [6, 6.07) is 22.9. The average Bonchev–Trinajstić information content (AvgIpc) is 2.84. The fourth-order valence-corrected chi connectivity index (χ4v) is 3.32. The van der Waals surface area contributed by atoms with Crippen LogP contribution in [0, 0.1) is 18.3 Å². The first-order valence-electron chi connectivity index (χ1n) is 10.8. The summed E-state index contributed by atoms with van der Waals surface area (Å²) in [5, 5.41) is 13.2. The van der Waals surface area contributed by atoms with Crippen LogP contribution in [0.4, 0.5) is 0 Å². The molecule has 0 spiro atoms. The fraction of sp³-hybridized carbons (Fsp3) is 0.222. The summed E-state index contributed by atoms with van der Waals surface area (Å²) < 4.78 is 11.0. The van der Waals surface area contributed by atoms with Crippen molar-refractivity contribution < 1.29 is 14.3 Å². The number of rotatable bonds is 10. The monoisotopic (exact) mass is 441 g/mol. The van der Waals surface area contributed by atoms with Crippen molar-refractivity contribution in [1.82, 2.24) is 5.43 Å². The van der Waals surface area contributed by atoms with Crippen molar-refractivity contribution in [3.05, 3.63) is 94.5 Å². The number of nitrogens with one attached hydrogen (secondary N) is 1. The minimum atomic E-state index is -0.117. The van der Waals surface area contributed by atoms with Gasteiger partial charge >= 0.3 is 0 Å². The summed E-state index contributed by atoms with van der Waals surface area (Å²) in [4.78, 5) is 12.0. The number of aryl methyl sites for hydroxylation is 2. The van der Waals surface area contributed by atoms with Crippen LogP contribution in [-0.4, -0.2) is 19.2 Å². The molecule has 0 aliphatic rings. The molecule has 3 rings (SSSR count). The summed E-state index contributed by atoms with van der Waals surface area (Å²) in [6.07, 6.45) is 3.57. The van der Waals surface area contributed by atoms with Gasteiger partial charge in [0.2, 0.25) is 5.91 Å². The van der Waals surface area contributed by atoms with E-state index < -0.39 is 0 Å². The number of amides is 1. The van der Waals surface area contributed by atoms with E-state index in [0.29, 0.717) is 24.3 Å². The van der Waals surface area contributed by atoms with Crippen LogP contribution in [0.3, 0.4) is 0 Å². The predicted molar refractivity (Wildman–Crippen MR) is 128 cm³/mol. The number of benzene rings is 3. The van der Waals surface area contributed by atoms with Crippen LogP contribution in [-0.2, 0) is 17.8 Å². The Morgan fingerprint density at radius 3 is 2.55 bits per heavy atom. The molecule has 0 aliphatic carbocycles. The molecule has 0 bridgehead atoms. The third-order valence-electron chi connectivity index (χ3n) is 5.21. The van der Waals surface area contributed by atoms with Gasteiger partial charge in [0, 0.05) is 12.0 Å². The standard InChI is InChI=1S/C27H27N3O3/c1-20-16-26(32-2)15-12-22(20)8-5-9-27(31)30-29-18-21-10-13-25(14-11-21)33-19-24-7-4-3-6-23(24)17-28/h3-4,6-7,10-16,18H,5,8-9,19H2,1-2H3,(H,30,31). The maximum Gasteiger partial charge on any atom is 0.240 e. The van der Waals surface area contributed by atoms with Crippen LogP contribution in [0.1, 0.15) is 40.7 Å². The lowest BCUT2D eigenvalue weighted by molar-refractivity contribution is -0.121. The fourth-order valence-electron chi connectivity index (χ4n) is 3.32. The highest BCUT2D eigenvalue weighted by Gasteiger charge is 2.04.